The molecule has 0 aromatic carbocycles. The van der Waals surface area contributed by atoms with Crippen molar-refractivity contribution in [1.82, 2.24) is 5.32 Å². The van der Waals surface area contributed by atoms with Gasteiger partial charge in [0, 0.05) is 23.5 Å². The number of rotatable bonds is 2. The highest BCUT2D eigenvalue weighted by atomic mass is 16.6. The Balaban J connectivity index is 1.88. The van der Waals surface area contributed by atoms with E-state index in [1.807, 2.05) is 27.7 Å². The number of fused-ring (bicyclic) bond motifs is 3. The first kappa shape index (κ1) is 20.9. The van der Waals surface area contributed by atoms with Gasteiger partial charge in [0.05, 0.1) is 6.26 Å². The van der Waals surface area contributed by atoms with Crippen LogP contribution in [0.3, 0.4) is 0 Å². The zero-order chi connectivity index (χ0) is 20.7. The van der Waals surface area contributed by atoms with Gasteiger partial charge in [0.1, 0.15) is 5.60 Å². The third kappa shape index (κ3) is 3.60. The van der Waals surface area contributed by atoms with Crippen molar-refractivity contribution in [2.45, 2.75) is 78.7 Å². The molecule has 1 amide bonds. The molecule has 0 spiro atoms. The van der Waals surface area contributed by atoms with E-state index in [0.29, 0.717) is 18.5 Å². The lowest BCUT2D eigenvalue weighted by atomic mass is 9.46. The molecule has 0 radical (unpaired) electrons. The normalized spacial score (nSPS) is 37.0. The van der Waals surface area contributed by atoms with E-state index in [1.165, 1.54) is 5.57 Å². The van der Waals surface area contributed by atoms with Crippen molar-refractivity contribution < 1.29 is 19.4 Å². The highest BCUT2D eigenvalue weighted by Crippen LogP contribution is 2.63. The van der Waals surface area contributed by atoms with Crippen LogP contribution < -0.4 is 5.32 Å². The number of carbonyl (C=O) groups excluding carboxylic acids is 2. The van der Waals surface area contributed by atoms with E-state index in [2.05, 4.69) is 18.3 Å². The summed E-state index contributed by atoms with van der Waals surface area (Å²) in [6.45, 7) is 10.4. The molecule has 3 rings (SSSR count). The van der Waals surface area contributed by atoms with Gasteiger partial charge in [-0.05, 0) is 70.6 Å². The maximum absolute atomic E-state index is 12.6. The van der Waals surface area contributed by atoms with Crippen LogP contribution in [0.5, 0.6) is 0 Å². The van der Waals surface area contributed by atoms with E-state index < -0.39 is 5.60 Å². The minimum Gasteiger partial charge on any atom is -0.515 e. The van der Waals surface area contributed by atoms with Crippen LogP contribution in [0.25, 0.3) is 0 Å². The summed E-state index contributed by atoms with van der Waals surface area (Å²) in [4.78, 5) is 24.9. The average Bonchev–Trinajstić information content (AvgIpc) is 2.62. The number of ketones is 1. The number of aliphatic hydroxyl groups is 1. The van der Waals surface area contributed by atoms with Gasteiger partial charge < -0.3 is 15.2 Å². The maximum Gasteiger partial charge on any atom is 0.407 e. The molecule has 3 aliphatic carbocycles. The zero-order valence-electron chi connectivity index (χ0n) is 17.9. The molecule has 2 saturated carbocycles. The second kappa shape index (κ2) is 7.23. The van der Waals surface area contributed by atoms with Gasteiger partial charge in [-0.2, -0.15) is 0 Å². The lowest BCUT2D eigenvalue weighted by Gasteiger charge is -2.58. The molecule has 28 heavy (non-hydrogen) atoms. The van der Waals surface area contributed by atoms with Crippen molar-refractivity contribution >= 4 is 11.9 Å². The molecule has 3 unspecified atom stereocenters. The molecule has 5 nitrogen and oxygen atoms in total. The van der Waals surface area contributed by atoms with Crippen molar-refractivity contribution in [3.05, 3.63) is 23.5 Å². The predicted octanol–water partition coefficient (Wildman–Crippen LogP) is 5.07. The molecule has 5 heteroatoms. The van der Waals surface area contributed by atoms with Crippen LogP contribution >= 0.6 is 0 Å². The minimum atomic E-state index is -0.517. The smallest absolute Gasteiger partial charge is 0.407 e. The summed E-state index contributed by atoms with van der Waals surface area (Å²) in [5, 5.41) is 12.7. The fourth-order valence-electron chi connectivity index (χ4n) is 6.01. The van der Waals surface area contributed by atoms with Gasteiger partial charge in [-0.1, -0.05) is 25.5 Å². The lowest BCUT2D eigenvalue weighted by Crippen LogP contribution is -2.54. The van der Waals surface area contributed by atoms with Gasteiger partial charge in [-0.15, -0.1) is 0 Å². The number of alkyl carbamates (subject to hydrolysis) is 1. The summed E-state index contributed by atoms with van der Waals surface area (Å²) in [6.07, 6.45) is 8.70. The first-order valence-electron chi connectivity index (χ1n) is 10.6. The second-order valence-corrected chi connectivity index (χ2v) is 10.2. The number of amides is 1. The Kier molecular flexibility index (Phi) is 5.41. The summed E-state index contributed by atoms with van der Waals surface area (Å²) < 4.78 is 5.45. The lowest BCUT2D eigenvalue weighted by molar-refractivity contribution is -0.126. The van der Waals surface area contributed by atoms with Crippen molar-refractivity contribution in [3.8, 4) is 0 Å². The first-order chi connectivity index (χ1) is 13.0. The fraction of sp³-hybridized carbons (Fsp3) is 0.739. The fourth-order valence-corrected chi connectivity index (χ4v) is 6.01. The minimum absolute atomic E-state index is 0.0823. The Hall–Kier alpha value is -1.78. The molecule has 0 aromatic heterocycles. The van der Waals surface area contributed by atoms with Crippen LogP contribution in [-0.2, 0) is 9.53 Å². The SMILES string of the molecule is CC1C(=O)/C(=C\O)C[C@]2(C)C3=CCCCC3(CNC(=O)OC(C)(C)C)CCC12. The summed E-state index contributed by atoms with van der Waals surface area (Å²) >= 11 is 0. The van der Waals surface area contributed by atoms with Gasteiger partial charge in [0.25, 0.3) is 0 Å². The summed E-state index contributed by atoms with van der Waals surface area (Å²) in [5.41, 5.74) is 1.15. The number of ether oxygens (including phenoxy) is 1. The molecule has 3 aliphatic rings. The van der Waals surface area contributed by atoms with Gasteiger partial charge >= 0.3 is 6.09 Å². The van der Waals surface area contributed by atoms with Gasteiger partial charge in [-0.25, -0.2) is 4.79 Å². The van der Waals surface area contributed by atoms with Crippen molar-refractivity contribution in [2.24, 2.45) is 22.7 Å². The van der Waals surface area contributed by atoms with Crippen LogP contribution in [-0.4, -0.2) is 29.1 Å². The van der Waals surface area contributed by atoms with E-state index >= 15 is 0 Å². The van der Waals surface area contributed by atoms with E-state index in [-0.39, 0.29) is 34.5 Å². The van der Waals surface area contributed by atoms with Crippen LogP contribution in [0.4, 0.5) is 4.79 Å². The van der Waals surface area contributed by atoms with Gasteiger partial charge in [0.15, 0.2) is 5.78 Å². The number of nitrogens with one attached hydrogen (secondary N) is 1. The Morgan fingerprint density at radius 2 is 2.11 bits per heavy atom. The van der Waals surface area contributed by atoms with E-state index in [4.69, 9.17) is 4.74 Å². The molecular weight excluding hydrogens is 354 g/mol. The highest BCUT2D eigenvalue weighted by Gasteiger charge is 2.57. The Labute approximate surface area is 168 Å². The quantitative estimate of drug-likeness (QED) is 0.392. The highest BCUT2D eigenvalue weighted by molar-refractivity contribution is 5.98. The van der Waals surface area contributed by atoms with Crippen molar-refractivity contribution in [3.63, 3.8) is 0 Å². The van der Waals surface area contributed by atoms with Crippen LogP contribution in [0.1, 0.15) is 73.1 Å². The van der Waals surface area contributed by atoms with Crippen molar-refractivity contribution in [2.75, 3.05) is 6.54 Å². The van der Waals surface area contributed by atoms with Gasteiger partial charge in [-0.3, -0.25) is 4.79 Å². The van der Waals surface area contributed by atoms with E-state index in [0.717, 1.165) is 38.4 Å². The Morgan fingerprint density at radius 3 is 2.75 bits per heavy atom. The molecule has 0 aliphatic heterocycles. The molecule has 0 saturated heterocycles. The number of hydrogen-bond donors (Lipinski definition) is 2. The number of aliphatic hydroxyl groups excluding tert-OH is 1. The molecule has 0 bridgehead atoms. The molecule has 156 valence electrons. The van der Waals surface area contributed by atoms with Gasteiger partial charge in [0.2, 0.25) is 0 Å². The monoisotopic (exact) mass is 389 g/mol. The Bertz CT molecular complexity index is 717. The molecule has 0 aromatic rings. The largest absolute Gasteiger partial charge is 0.515 e. The van der Waals surface area contributed by atoms with Crippen LogP contribution in [0.15, 0.2) is 23.5 Å². The summed E-state index contributed by atoms with van der Waals surface area (Å²) in [6, 6.07) is 0. The van der Waals surface area contributed by atoms with E-state index in [9.17, 15) is 14.7 Å². The molecule has 4 atom stereocenters. The standard InChI is InChI=1S/C23H35NO4/c1-15-17-9-11-23(14-24-20(27)28-21(2,3)4)10-7-6-8-18(23)22(17,5)12-16(13-25)19(15)26/h8,13,15,17,25H,6-7,9-12,14H2,1-5H3,(H,24,27)/b16-13-/t15?,17?,22-,23?/m0/s1. The second-order valence-electron chi connectivity index (χ2n) is 10.2. The number of allylic oxidation sites excluding steroid dienone is 2. The van der Waals surface area contributed by atoms with Crippen molar-refractivity contribution in [1.29, 1.82) is 0 Å². The summed E-state index contributed by atoms with van der Waals surface area (Å²) in [7, 11) is 0. The average molecular weight is 390 g/mol. The zero-order valence-corrected chi connectivity index (χ0v) is 17.9. The van der Waals surface area contributed by atoms with Crippen LogP contribution in [0, 0.1) is 22.7 Å². The third-order valence-corrected chi connectivity index (χ3v) is 7.16. The predicted molar refractivity (Wildman–Crippen MR) is 109 cm³/mol. The molecular formula is C23H35NO4. The maximum atomic E-state index is 12.6. The number of carbonyl (C=O) groups is 2. The number of Topliss-reactive ketones (excluding diaryl/α,β-unsaturated/α-hetero) is 1. The third-order valence-electron chi connectivity index (χ3n) is 7.16. The summed E-state index contributed by atoms with van der Waals surface area (Å²) in [5.74, 6) is 0.278. The first-order valence-corrected chi connectivity index (χ1v) is 10.6. The molecule has 0 heterocycles. The topological polar surface area (TPSA) is 75.6 Å². The van der Waals surface area contributed by atoms with E-state index in [1.54, 1.807) is 0 Å². The van der Waals surface area contributed by atoms with Crippen LogP contribution in [0.2, 0.25) is 0 Å². The number of hydrogen-bond acceptors (Lipinski definition) is 4. The Morgan fingerprint density at radius 1 is 1.39 bits per heavy atom. The molecule has 2 N–H and O–H groups in total. The molecule has 2 fully saturated rings.